The number of hydrogen-bond acceptors (Lipinski definition) is 24. The van der Waals surface area contributed by atoms with Crippen LogP contribution in [0.5, 0.6) is 0 Å². The van der Waals surface area contributed by atoms with Gasteiger partial charge < -0.3 is 47.0 Å². The molecule has 0 fully saturated rings. The number of unbranched alkanes of at least 4 members (excludes halogenated alkanes) is 4. The van der Waals surface area contributed by atoms with Crippen LogP contribution >= 0.6 is 0 Å². The molecule has 2 aromatic carbocycles. The number of fused-ring (bicyclic) bond motifs is 4. The van der Waals surface area contributed by atoms with E-state index in [2.05, 4.69) is 21.8 Å². The quantitative estimate of drug-likeness (QED) is 0.0169. The minimum absolute atomic E-state index is 0.0596. The molecule has 0 bridgehead atoms. The fourth-order valence-corrected chi connectivity index (χ4v) is 9.96. The molecule has 0 radical (unpaired) electrons. The lowest BCUT2D eigenvalue weighted by atomic mass is 10.0. The van der Waals surface area contributed by atoms with Gasteiger partial charge in [0.05, 0.1) is 35.2 Å². The zero-order valence-corrected chi connectivity index (χ0v) is 51.3. The lowest BCUT2D eigenvalue weighted by Crippen LogP contribution is -2.49. The molecule has 0 N–H and O–H groups in total. The monoisotopic (exact) mass is 1240 g/mol. The summed E-state index contributed by atoms with van der Waals surface area (Å²) in [6, 6.07) is 6.50. The summed E-state index contributed by atoms with van der Waals surface area (Å²) in [6.07, 6.45) is 6.81. The van der Waals surface area contributed by atoms with E-state index in [0.29, 0.717) is 60.8 Å². The van der Waals surface area contributed by atoms with Crippen LogP contribution in [-0.4, -0.2) is 136 Å². The lowest BCUT2D eigenvalue weighted by Gasteiger charge is -2.33. The van der Waals surface area contributed by atoms with E-state index in [1.165, 1.54) is 9.13 Å². The topological polar surface area (TPSA) is 350 Å². The molecule has 0 saturated carbocycles. The molecule has 28 nitrogen and oxygen atoms in total. The number of rotatable bonds is 28. The molecular formula is C62H68N8O20. The number of nitrogens with zero attached hydrogens (tertiary/aromatic N) is 8. The summed E-state index contributed by atoms with van der Waals surface area (Å²) in [5.41, 5.74) is -1.46. The molecule has 0 aromatic heterocycles. The van der Waals surface area contributed by atoms with E-state index in [1.807, 2.05) is 0 Å². The third-order valence-corrected chi connectivity index (χ3v) is 13.8. The molecule has 4 aliphatic heterocycles. The standard InChI is InChI=1S/C62H68N8O20/c1-13-15-17-19-23-67-59(79)53-57(65-61(67)81)69(29-49(85-37(7)73)55(89-41(11)77)51(87-39(9)75)31-83-35(5)71)47-27-43(33(3)25-45(47)63-53)21-22-44-28-48-46(26-34(44)4)64-54-58(66-62(82)68(60(54)80)24-20-18-16-14-2)70(48)30-50(86-38(8)74)56(90-42(12)78)52(88-40(10)76)32-84-36(6)72/h1-2,21-22,25-28,49-52,55-56H,15-20,23-24,29-32H2,3-12H3/b22-21+/t49-,50-,51+,52+,55-,56-/m0/s1. The van der Waals surface area contributed by atoms with Gasteiger partial charge in [0, 0.05) is 81.3 Å². The Labute approximate surface area is 514 Å². The summed E-state index contributed by atoms with van der Waals surface area (Å²) < 4.78 is 48.9. The first-order valence-corrected chi connectivity index (χ1v) is 28.4. The van der Waals surface area contributed by atoms with E-state index in [0.717, 1.165) is 64.5 Å². The van der Waals surface area contributed by atoms with E-state index in [-0.39, 0.29) is 58.2 Å². The summed E-state index contributed by atoms with van der Waals surface area (Å²) in [4.78, 5) is 176. The number of ether oxygens (including phenoxy) is 8. The molecule has 6 atom stereocenters. The van der Waals surface area contributed by atoms with Crippen molar-refractivity contribution in [1.82, 2.24) is 38.2 Å². The van der Waals surface area contributed by atoms with E-state index in [1.54, 1.807) is 50.3 Å². The molecule has 0 amide bonds. The van der Waals surface area contributed by atoms with Gasteiger partial charge >= 0.3 is 59.1 Å². The first-order chi connectivity index (χ1) is 42.6. The highest BCUT2D eigenvalue weighted by Gasteiger charge is 2.41. The molecule has 4 aliphatic rings. The van der Waals surface area contributed by atoms with E-state index >= 15 is 0 Å². The highest BCUT2D eigenvalue weighted by atomic mass is 16.6. The van der Waals surface area contributed by atoms with Gasteiger partial charge in [-0.1, -0.05) is 12.2 Å². The van der Waals surface area contributed by atoms with E-state index in [9.17, 15) is 57.5 Å². The van der Waals surface area contributed by atoms with Gasteiger partial charge in [-0.25, -0.2) is 19.6 Å². The maximum Gasteiger partial charge on any atom is 0.352 e. The molecule has 28 heteroatoms. The Morgan fingerprint density at radius 3 is 1.10 bits per heavy atom. The van der Waals surface area contributed by atoms with Crippen molar-refractivity contribution >= 4 is 82.0 Å². The van der Waals surface area contributed by atoms with Crippen LogP contribution < -0.4 is 22.5 Å². The van der Waals surface area contributed by atoms with Crippen LogP contribution in [0.2, 0.25) is 0 Å². The summed E-state index contributed by atoms with van der Waals surface area (Å²) >= 11 is 0. The molecule has 6 rings (SSSR count). The SMILES string of the molecule is C#CCCCCn1c(=O)nc2n(C[C@H](OC(C)=O)[C@H](OC(C)=O)[C@@H](COC(C)=O)OC(C)=O)c3cc(/C=C/c4cc5c(cc4C)nc4c(=O)n(CCCCC#C)c(=O)nc-4n5C[C@H](OC(C)=O)[C@H](OC(C)=O)[C@@H](COC(C)=O)OC(C)=O)c(C)cc3nc-2c1=O. The summed E-state index contributed by atoms with van der Waals surface area (Å²) in [7, 11) is 0. The predicted molar refractivity (Wildman–Crippen MR) is 320 cm³/mol. The number of benzene rings is 2. The third-order valence-electron chi connectivity index (χ3n) is 13.8. The van der Waals surface area contributed by atoms with Crippen molar-refractivity contribution in [3.63, 3.8) is 0 Å². The van der Waals surface area contributed by atoms with Gasteiger partial charge in [0.15, 0.2) is 59.7 Å². The first kappa shape index (κ1) is 68.7. The molecular weight excluding hydrogens is 1180 g/mol. The summed E-state index contributed by atoms with van der Waals surface area (Å²) in [5.74, 6) is -2.65. The van der Waals surface area contributed by atoms with Crippen LogP contribution in [0.15, 0.2) is 43.4 Å². The lowest BCUT2D eigenvalue weighted by molar-refractivity contribution is -0.190. The molecule has 0 aliphatic carbocycles. The number of aryl methyl sites for hydroxylation is 2. The highest BCUT2D eigenvalue weighted by molar-refractivity contribution is 5.88. The molecule has 0 spiro atoms. The van der Waals surface area contributed by atoms with Gasteiger partial charge in [-0.2, -0.15) is 9.97 Å². The zero-order valence-electron chi connectivity index (χ0n) is 51.3. The van der Waals surface area contributed by atoms with Crippen molar-refractivity contribution in [2.45, 2.75) is 171 Å². The van der Waals surface area contributed by atoms with Crippen LogP contribution in [0.1, 0.15) is 116 Å². The van der Waals surface area contributed by atoms with Crippen molar-refractivity contribution in [3.8, 4) is 47.7 Å². The average molecular weight is 1250 g/mol. The molecule has 4 heterocycles. The van der Waals surface area contributed by atoms with Gasteiger partial charge in [-0.3, -0.25) is 57.1 Å². The fourth-order valence-electron chi connectivity index (χ4n) is 9.96. The number of hydrogen-bond donors (Lipinski definition) is 0. The maximum atomic E-state index is 14.4. The minimum Gasteiger partial charge on any atom is -0.462 e. The molecule has 90 heavy (non-hydrogen) atoms. The fraction of sp³-hybridized carbons (Fsp3) is 0.452. The van der Waals surface area contributed by atoms with Crippen molar-refractivity contribution in [2.24, 2.45) is 0 Å². The Balaban J connectivity index is 1.64. The second-order valence-electron chi connectivity index (χ2n) is 20.9. The average Bonchev–Trinajstić information content (AvgIpc) is 0.755. The maximum absolute atomic E-state index is 14.4. The summed E-state index contributed by atoms with van der Waals surface area (Å²) in [6.45, 7) is 9.30. The van der Waals surface area contributed by atoms with Gasteiger partial charge in [0.25, 0.3) is 11.1 Å². The summed E-state index contributed by atoms with van der Waals surface area (Å²) in [5, 5.41) is 0. The van der Waals surface area contributed by atoms with Crippen LogP contribution in [0.3, 0.4) is 0 Å². The molecule has 476 valence electrons. The number of carbonyl (C=O) groups excluding carboxylic acids is 8. The first-order valence-electron chi connectivity index (χ1n) is 28.4. The predicted octanol–water partition coefficient (Wildman–Crippen LogP) is 3.54. The minimum atomic E-state index is -1.70. The number of esters is 8. The Hall–Kier alpha value is -10.4. The molecule has 2 aromatic rings. The van der Waals surface area contributed by atoms with Crippen LogP contribution in [0.25, 0.3) is 57.3 Å². The second kappa shape index (κ2) is 31.0. The van der Waals surface area contributed by atoms with Crippen molar-refractivity contribution < 1.29 is 76.3 Å². The van der Waals surface area contributed by atoms with Gasteiger partial charge in [-0.05, 0) is 86.1 Å². The zero-order chi connectivity index (χ0) is 66.3. The normalized spacial score (nSPS) is 13.3. The Bertz CT molecular complexity index is 3810. The van der Waals surface area contributed by atoms with Gasteiger partial charge in [0.1, 0.15) is 13.2 Å². The van der Waals surface area contributed by atoms with Crippen molar-refractivity contribution in [3.05, 3.63) is 88.2 Å². The van der Waals surface area contributed by atoms with E-state index in [4.69, 9.17) is 60.7 Å². The number of terminal acetylenes is 2. The largest absolute Gasteiger partial charge is 0.462 e. The third kappa shape index (κ3) is 17.7. The Morgan fingerprint density at radius 1 is 0.456 bits per heavy atom. The van der Waals surface area contributed by atoms with E-state index < -0.39 is 133 Å². The van der Waals surface area contributed by atoms with Gasteiger partial charge in [-0.15, -0.1) is 24.7 Å². The Kier molecular flexibility index (Phi) is 23.7. The molecule has 0 unspecified atom stereocenters. The van der Waals surface area contributed by atoms with Crippen molar-refractivity contribution in [2.75, 3.05) is 13.2 Å². The number of aromatic nitrogens is 8. The Morgan fingerprint density at radius 2 is 0.789 bits per heavy atom. The van der Waals surface area contributed by atoms with Crippen LogP contribution in [-0.2, 0) is 102 Å². The van der Waals surface area contributed by atoms with Crippen LogP contribution in [0, 0.1) is 38.5 Å². The molecule has 0 saturated heterocycles. The highest BCUT2D eigenvalue weighted by Crippen LogP contribution is 2.31. The second-order valence-corrected chi connectivity index (χ2v) is 20.9. The smallest absolute Gasteiger partial charge is 0.352 e. The number of carbonyl (C=O) groups is 8. The van der Waals surface area contributed by atoms with Crippen LogP contribution in [0.4, 0.5) is 0 Å². The van der Waals surface area contributed by atoms with Crippen molar-refractivity contribution in [1.29, 1.82) is 0 Å². The van der Waals surface area contributed by atoms with Gasteiger partial charge in [0.2, 0.25) is 0 Å².